The van der Waals surface area contributed by atoms with Crippen molar-refractivity contribution in [2.75, 3.05) is 13.4 Å². The van der Waals surface area contributed by atoms with Gasteiger partial charge in [0.15, 0.2) is 18.1 Å². The van der Waals surface area contributed by atoms with Gasteiger partial charge in [0.05, 0.1) is 20.9 Å². The highest BCUT2D eigenvalue weighted by Crippen LogP contribution is 2.40. The van der Waals surface area contributed by atoms with Crippen molar-refractivity contribution in [2.24, 2.45) is 0 Å². The maximum Gasteiger partial charge on any atom is 0.416 e. The minimum absolute atomic E-state index is 0.00901. The van der Waals surface area contributed by atoms with Crippen LogP contribution in [-0.2, 0) is 22.3 Å². The Kier molecular flexibility index (Phi) is 7.53. The Morgan fingerprint density at radius 2 is 1.78 bits per heavy atom. The molecule has 0 radical (unpaired) electrons. The largest absolute Gasteiger partial charge is 0.454 e. The van der Waals surface area contributed by atoms with Gasteiger partial charge in [-0.2, -0.15) is 13.2 Å². The molecule has 1 amide bonds. The summed E-state index contributed by atoms with van der Waals surface area (Å²) in [6.45, 7) is -0.326. The minimum atomic E-state index is -4.75. The lowest BCUT2D eigenvalue weighted by atomic mass is 10.2. The van der Waals surface area contributed by atoms with E-state index in [9.17, 15) is 32.9 Å². The third-order valence-electron chi connectivity index (χ3n) is 5.07. The van der Waals surface area contributed by atoms with Crippen molar-refractivity contribution in [3.8, 4) is 11.5 Å². The monoisotopic (exact) mass is 534 g/mol. The lowest BCUT2D eigenvalue weighted by Gasteiger charge is -2.11. The summed E-state index contributed by atoms with van der Waals surface area (Å²) < 4.78 is 54.5. The lowest BCUT2D eigenvalue weighted by molar-refractivity contribution is -0.388. The van der Waals surface area contributed by atoms with E-state index in [0.717, 1.165) is 29.5 Å². The van der Waals surface area contributed by atoms with Crippen LogP contribution >= 0.6 is 11.8 Å². The molecule has 0 aliphatic carbocycles. The maximum atomic E-state index is 13.0. The summed E-state index contributed by atoms with van der Waals surface area (Å²) in [5, 5.41) is 14.0. The topological polar surface area (TPSA) is 117 Å². The van der Waals surface area contributed by atoms with Gasteiger partial charge in [-0.15, -0.1) is 0 Å². The van der Waals surface area contributed by atoms with E-state index in [2.05, 4.69) is 5.32 Å². The molecule has 0 saturated heterocycles. The third-order valence-corrected chi connectivity index (χ3v) is 6.21. The molecule has 37 heavy (non-hydrogen) atoms. The molecular formula is C24H17F3N2O7S. The molecule has 3 aromatic carbocycles. The maximum absolute atomic E-state index is 13.0. The first-order chi connectivity index (χ1) is 17.6. The Bertz CT molecular complexity index is 1360. The highest BCUT2D eigenvalue weighted by atomic mass is 32.2. The molecule has 1 aliphatic heterocycles. The van der Waals surface area contributed by atoms with E-state index in [0.29, 0.717) is 17.6 Å². The number of carbonyl (C=O) groups is 2. The Hall–Kier alpha value is -4.26. The Morgan fingerprint density at radius 1 is 1.03 bits per heavy atom. The second kappa shape index (κ2) is 10.8. The summed E-state index contributed by atoms with van der Waals surface area (Å²) in [6, 6.07) is 13.2. The van der Waals surface area contributed by atoms with E-state index in [1.54, 1.807) is 24.3 Å². The predicted octanol–water partition coefficient (Wildman–Crippen LogP) is 4.97. The number of rotatable bonds is 8. The fraction of sp³-hybridized carbons (Fsp3) is 0.167. The Labute approximate surface area is 211 Å². The summed E-state index contributed by atoms with van der Waals surface area (Å²) in [6.07, 6.45) is -4.75. The first kappa shape index (κ1) is 25.8. The van der Waals surface area contributed by atoms with Crippen LogP contribution in [0.15, 0.2) is 70.5 Å². The fourth-order valence-electron chi connectivity index (χ4n) is 3.28. The number of esters is 1. The van der Waals surface area contributed by atoms with Crippen LogP contribution in [0.25, 0.3) is 0 Å². The zero-order valence-electron chi connectivity index (χ0n) is 18.7. The summed E-state index contributed by atoms with van der Waals surface area (Å²) in [7, 11) is 0. The van der Waals surface area contributed by atoms with E-state index in [1.807, 2.05) is 0 Å². The summed E-state index contributed by atoms with van der Waals surface area (Å²) >= 11 is 0.736. The van der Waals surface area contributed by atoms with Crippen molar-refractivity contribution < 1.29 is 41.9 Å². The van der Waals surface area contributed by atoms with Gasteiger partial charge < -0.3 is 19.5 Å². The van der Waals surface area contributed by atoms with E-state index < -0.39 is 40.8 Å². The van der Waals surface area contributed by atoms with E-state index in [1.165, 1.54) is 18.2 Å². The van der Waals surface area contributed by atoms with Gasteiger partial charge in [0, 0.05) is 17.5 Å². The number of benzene rings is 3. The Balaban J connectivity index is 1.40. The second-order valence-electron chi connectivity index (χ2n) is 7.58. The van der Waals surface area contributed by atoms with Crippen LogP contribution in [0.5, 0.6) is 11.5 Å². The van der Waals surface area contributed by atoms with Crippen molar-refractivity contribution in [1.29, 1.82) is 0 Å². The second-order valence-corrected chi connectivity index (χ2v) is 8.66. The zero-order valence-corrected chi connectivity index (χ0v) is 19.6. The van der Waals surface area contributed by atoms with Gasteiger partial charge in [-0.05, 0) is 42.0 Å². The molecule has 0 bridgehead atoms. The minimum Gasteiger partial charge on any atom is -0.454 e. The van der Waals surface area contributed by atoms with Crippen molar-refractivity contribution in [3.63, 3.8) is 0 Å². The summed E-state index contributed by atoms with van der Waals surface area (Å²) in [4.78, 5) is 35.4. The van der Waals surface area contributed by atoms with Crippen LogP contribution in [-0.4, -0.2) is 30.2 Å². The molecule has 4 rings (SSSR count). The molecule has 0 unspecified atom stereocenters. The third kappa shape index (κ3) is 6.30. The average Bonchev–Trinajstić information content (AvgIpc) is 3.34. The van der Waals surface area contributed by atoms with Crippen LogP contribution < -0.4 is 14.8 Å². The van der Waals surface area contributed by atoms with E-state index in [4.69, 9.17) is 14.2 Å². The molecule has 13 heteroatoms. The van der Waals surface area contributed by atoms with Gasteiger partial charge in [-0.3, -0.25) is 14.9 Å². The van der Waals surface area contributed by atoms with Gasteiger partial charge in [-0.25, -0.2) is 4.79 Å². The summed E-state index contributed by atoms with van der Waals surface area (Å²) in [5.41, 5.74) is -1.19. The van der Waals surface area contributed by atoms with Crippen LogP contribution in [0.1, 0.15) is 21.5 Å². The first-order valence-corrected chi connectivity index (χ1v) is 11.4. The molecule has 192 valence electrons. The molecule has 0 spiro atoms. The fourth-order valence-corrected chi connectivity index (χ4v) is 4.30. The number of amides is 1. The standard InChI is InChI=1S/C24H17F3N2O7S/c25-24(26,27)15-6-8-21(17(10-15)29(32)33)37-20-4-2-1-3-16(20)23(31)34-12-22(30)28-11-14-5-7-18-19(9-14)36-13-35-18/h1-10H,11-13H2,(H,28,30). The molecule has 1 N–H and O–H groups in total. The molecule has 1 aliphatic rings. The molecule has 9 nitrogen and oxygen atoms in total. The van der Waals surface area contributed by atoms with Crippen LogP contribution in [0.3, 0.4) is 0 Å². The molecule has 3 aromatic rings. The molecular weight excluding hydrogens is 517 g/mol. The highest BCUT2D eigenvalue weighted by Gasteiger charge is 2.33. The van der Waals surface area contributed by atoms with Gasteiger partial charge in [0.1, 0.15) is 0 Å². The Morgan fingerprint density at radius 3 is 2.54 bits per heavy atom. The van der Waals surface area contributed by atoms with Crippen LogP contribution in [0.4, 0.5) is 18.9 Å². The number of nitro groups is 1. The number of carbonyl (C=O) groups excluding carboxylic acids is 2. The van der Waals surface area contributed by atoms with Gasteiger partial charge >= 0.3 is 12.1 Å². The van der Waals surface area contributed by atoms with Crippen LogP contribution in [0.2, 0.25) is 0 Å². The van der Waals surface area contributed by atoms with Gasteiger partial charge in [0.2, 0.25) is 6.79 Å². The van der Waals surface area contributed by atoms with Crippen molar-refractivity contribution in [2.45, 2.75) is 22.5 Å². The lowest BCUT2D eigenvalue weighted by Crippen LogP contribution is -2.28. The number of fused-ring (bicyclic) bond motifs is 1. The number of halogens is 3. The number of nitro benzene ring substituents is 1. The quantitative estimate of drug-likeness (QED) is 0.245. The molecule has 0 aromatic heterocycles. The number of nitrogens with one attached hydrogen (secondary N) is 1. The van der Waals surface area contributed by atoms with Crippen molar-refractivity contribution in [3.05, 3.63) is 87.5 Å². The van der Waals surface area contributed by atoms with Crippen molar-refractivity contribution in [1.82, 2.24) is 5.32 Å². The predicted molar refractivity (Wildman–Crippen MR) is 123 cm³/mol. The first-order valence-electron chi connectivity index (χ1n) is 10.6. The number of ether oxygens (including phenoxy) is 3. The number of hydrogen-bond acceptors (Lipinski definition) is 8. The number of alkyl halides is 3. The normalized spacial score (nSPS) is 12.2. The zero-order chi connectivity index (χ0) is 26.6. The SMILES string of the molecule is O=C(COC(=O)c1ccccc1Sc1ccc(C(F)(F)F)cc1[N+](=O)[O-])NCc1ccc2c(c1)OCO2. The van der Waals surface area contributed by atoms with E-state index >= 15 is 0 Å². The van der Waals surface area contributed by atoms with Crippen molar-refractivity contribution >= 4 is 29.3 Å². The molecule has 0 fully saturated rings. The van der Waals surface area contributed by atoms with Gasteiger partial charge in [0.25, 0.3) is 11.6 Å². The van der Waals surface area contributed by atoms with Crippen LogP contribution in [0, 0.1) is 10.1 Å². The van der Waals surface area contributed by atoms with Gasteiger partial charge in [-0.1, -0.05) is 30.0 Å². The number of hydrogen-bond donors (Lipinski definition) is 1. The smallest absolute Gasteiger partial charge is 0.416 e. The highest BCUT2D eigenvalue weighted by molar-refractivity contribution is 7.99. The average molecular weight is 534 g/mol. The number of nitrogens with zero attached hydrogens (tertiary/aromatic N) is 1. The molecule has 0 atom stereocenters. The molecule has 0 saturated carbocycles. The molecule has 1 heterocycles. The summed E-state index contributed by atoms with van der Waals surface area (Å²) in [5.74, 6) is -0.298. The van der Waals surface area contributed by atoms with E-state index in [-0.39, 0.29) is 28.7 Å².